The van der Waals surface area contributed by atoms with E-state index in [2.05, 4.69) is 52.0 Å². The van der Waals surface area contributed by atoms with E-state index in [0.29, 0.717) is 12.6 Å². The molecule has 18 heavy (non-hydrogen) atoms. The summed E-state index contributed by atoms with van der Waals surface area (Å²) in [4.78, 5) is 2.43. The third-order valence-corrected chi connectivity index (χ3v) is 3.81. The third kappa shape index (κ3) is 3.93. The van der Waals surface area contributed by atoms with Crippen molar-refractivity contribution in [2.75, 3.05) is 26.2 Å². The third-order valence-electron chi connectivity index (χ3n) is 3.31. The molecular formula is C13H20BrClN2O. The molecule has 0 bridgehead atoms. The lowest BCUT2D eigenvalue weighted by atomic mass is 10.1. The van der Waals surface area contributed by atoms with Crippen molar-refractivity contribution in [3.8, 4) is 0 Å². The molecule has 0 spiro atoms. The van der Waals surface area contributed by atoms with Crippen LogP contribution in [0, 0.1) is 0 Å². The second-order valence-corrected chi connectivity index (χ2v) is 5.37. The lowest BCUT2D eigenvalue weighted by Crippen LogP contribution is -2.46. The molecule has 102 valence electrons. The Labute approximate surface area is 123 Å². The van der Waals surface area contributed by atoms with Gasteiger partial charge in [-0.25, -0.2) is 0 Å². The van der Waals surface area contributed by atoms with Crippen molar-refractivity contribution in [3.63, 3.8) is 0 Å². The molecule has 2 atom stereocenters. The monoisotopic (exact) mass is 334 g/mol. The summed E-state index contributed by atoms with van der Waals surface area (Å²) in [6, 6.07) is 8.89. The van der Waals surface area contributed by atoms with Crippen molar-refractivity contribution in [3.05, 3.63) is 34.3 Å². The summed E-state index contributed by atoms with van der Waals surface area (Å²) in [7, 11) is 0. The summed E-state index contributed by atoms with van der Waals surface area (Å²) >= 11 is 3.52. The van der Waals surface area contributed by atoms with Crippen LogP contribution in [0.1, 0.15) is 18.5 Å². The number of hydrogen-bond donors (Lipinski definition) is 1. The zero-order chi connectivity index (χ0) is 12.3. The highest BCUT2D eigenvalue weighted by Gasteiger charge is 2.23. The van der Waals surface area contributed by atoms with Gasteiger partial charge in [0.15, 0.2) is 0 Å². The van der Waals surface area contributed by atoms with Gasteiger partial charge in [-0.3, -0.25) is 4.90 Å². The fourth-order valence-electron chi connectivity index (χ4n) is 2.21. The zero-order valence-electron chi connectivity index (χ0n) is 10.5. The number of ether oxygens (including phenoxy) is 1. The minimum Gasteiger partial charge on any atom is -0.374 e. The van der Waals surface area contributed by atoms with Crippen LogP contribution in [0.4, 0.5) is 0 Å². The van der Waals surface area contributed by atoms with Crippen molar-refractivity contribution in [1.29, 1.82) is 0 Å². The van der Waals surface area contributed by atoms with Gasteiger partial charge in [0.2, 0.25) is 0 Å². The molecule has 1 aliphatic heterocycles. The molecule has 2 unspecified atom stereocenters. The summed E-state index contributed by atoms with van der Waals surface area (Å²) in [5, 5.41) is 0. The lowest BCUT2D eigenvalue weighted by molar-refractivity contribution is -0.0364. The summed E-state index contributed by atoms with van der Waals surface area (Å²) in [5.41, 5.74) is 7.00. The van der Waals surface area contributed by atoms with Gasteiger partial charge in [0, 0.05) is 30.1 Å². The first kappa shape index (κ1) is 15.9. The first-order valence-corrected chi connectivity index (χ1v) is 6.81. The maximum absolute atomic E-state index is 5.67. The molecule has 1 heterocycles. The summed E-state index contributed by atoms with van der Waals surface area (Å²) in [6.07, 6.45) is 0.179. The SMILES string of the molecule is CC(c1cccc(Br)c1)N1CCOC(CN)C1.Cl. The van der Waals surface area contributed by atoms with E-state index in [-0.39, 0.29) is 18.5 Å². The van der Waals surface area contributed by atoms with Gasteiger partial charge in [0.25, 0.3) is 0 Å². The average molecular weight is 336 g/mol. The number of morpholine rings is 1. The van der Waals surface area contributed by atoms with Crippen LogP contribution in [0.3, 0.4) is 0 Å². The second kappa shape index (κ2) is 7.46. The Morgan fingerprint density at radius 3 is 3.00 bits per heavy atom. The van der Waals surface area contributed by atoms with Crippen molar-refractivity contribution in [1.82, 2.24) is 4.90 Å². The van der Waals surface area contributed by atoms with E-state index in [0.717, 1.165) is 24.2 Å². The number of nitrogens with two attached hydrogens (primary N) is 1. The summed E-state index contributed by atoms with van der Waals surface area (Å²) < 4.78 is 6.72. The van der Waals surface area contributed by atoms with E-state index >= 15 is 0 Å². The molecule has 0 saturated carbocycles. The standard InChI is InChI=1S/C13H19BrN2O.ClH/c1-10(11-3-2-4-12(14)7-11)16-5-6-17-13(8-15)9-16;/h2-4,7,10,13H,5-6,8-9,15H2,1H3;1H. The smallest absolute Gasteiger partial charge is 0.0824 e. The molecule has 1 aromatic rings. The molecule has 3 nitrogen and oxygen atoms in total. The minimum absolute atomic E-state index is 0. The van der Waals surface area contributed by atoms with Crippen LogP contribution in [0.2, 0.25) is 0 Å². The molecule has 1 saturated heterocycles. The highest BCUT2D eigenvalue weighted by Crippen LogP contribution is 2.24. The molecular weight excluding hydrogens is 316 g/mol. The van der Waals surface area contributed by atoms with Crippen molar-refractivity contribution in [2.24, 2.45) is 5.73 Å². The maximum Gasteiger partial charge on any atom is 0.0824 e. The van der Waals surface area contributed by atoms with Crippen LogP contribution < -0.4 is 5.73 Å². The first-order chi connectivity index (χ1) is 8.20. The van der Waals surface area contributed by atoms with Crippen LogP contribution >= 0.6 is 28.3 Å². The molecule has 0 aromatic heterocycles. The van der Waals surface area contributed by atoms with Crippen LogP contribution in [-0.4, -0.2) is 37.2 Å². The Hall–Kier alpha value is -0.130. The molecule has 0 aliphatic carbocycles. The van der Waals surface area contributed by atoms with Crippen molar-refractivity contribution < 1.29 is 4.74 Å². The van der Waals surface area contributed by atoms with E-state index in [4.69, 9.17) is 10.5 Å². The Bertz CT molecular complexity index is 378. The van der Waals surface area contributed by atoms with Gasteiger partial charge in [0.05, 0.1) is 12.7 Å². The first-order valence-electron chi connectivity index (χ1n) is 6.02. The number of rotatable bonds is 3. The van der Waals surface area contributed by atoms with Crippen molar-refractivity contribution >= 4 is 28.3 Å². The largest absolute Gasteiger partial charge is 0.374 e. The highest BCUT2D eigenvalue weighted by atomic mass is 79.9. The van der Waals surface area contributed by atoms with Gasteiger partial charge < -0.3 is 10.5 Å². The molecule has 1 fully saturated rings. The molecule has 2 N–H and O–H groups in total. The van der Waals surface area contributed by atoms with Gasteiger partial charge in [0.1, 0.15) is 0 Å². The van der Waals surface area contributed by atoms with Gasteiger partial charge in [-0.05, 0) is 24.6 Å². The Balaban J connectivity index is 0.00000162. The normalized spacial score (nSPS) is 22.3. The molecule has 0 amide bonds. The van der Waals surface area contributed by atoms with E-state index in [1.54, 1.807) is 0 Å². The van der Waals surface area contributed by atoms with Gasteiger partial charge in [-0.1, -0.05) is 28.1 Å². The van der Waals surface area contributed by atoms with E-state index in [1.165, 1.54) is 5.56 Å². The summed E-state index contributed by atoms with van der Waals surface area (Å²) in [6.45, 7) is 5.51. The van der Waals surface area contributed by atoms with Crippen LogP contribution in [-0.2, 0) is 4.74 Å². The van der Waals surface area contributed by atoms with Gasteiger partial charge in [-0.15, -0.1) is 12.4 Å². The zero-order valence-corrected chi connectivity index (χ0v) is 12.9. The van der Waals surface area contributed by atoms with Crippen LogP contribution in [0.15, 0.2) is 28.7 Å². The van der Waals surface area contributed by atoms with E-state index in [1.807, 2.05) is 0 Å². The molecule has 1 aliphatic rings. The molecule has 1 aromatic carbocycles. The Morgan fingerprint density at radius 2 is 2.33 bits per heavy atom. The highest BCUT2D eigenvalue weighted by molar-refractivity contribution is 9.10. The predicted octanol–water partition coefficient (Wildman–Crippen LogP) is 2.59. The Kier molecular flexibility index (Phi) is 6.60. The van der Waals surface area contributed by atoms with Crippen LogP contribution in [0.5, 0.6) is 0 Å². The topological polar surface area (TPSA) is 38.5 Å². The minimum atomic E-state index is 0. The number of nitrogens with zero attached hydrogens (tertiary/aromatic N) is 1. The van der Waals surface area contributed by atoms with E-state index < -0.39 is 0 Å². The fraction of sp³-hybridized carbons (Fsp3) is 0.538. The fourth-order valence-corrected chi connectivity index (χ4v) is 2.63. The number of benzene rings is 1. The molecule has 5 heteroatoms. The second-order valence-electron chi connectivity index (χ2n) is 4.45. The van der Waals surface area contributed by atoms with Crippen molar-refractivity contribution in [2.45, 2.75) is 19.1 Å². The maximum atomic E-state index is 5.67. The molecule has 2 rings (SSSR count). The summed E-state index contributed by atoms with van der Waals surface area (Å²) in [5.74, 6) is 0. The quantitative estimate of drug-likeness (QED) is 0.923. The average Bonchev–Trinajstić information content (AvgIpc) is 2.38. The van der Waals surface area contributed by atoms with Crippen LogP contribution in [0.25, 0.3) is 0 Å². The van der Waals surface area contributed by atoms with Gasteiger partial charge in [-0.2, -0.15) is 0 Å². The predicted molar refractivity (Wildman–Crippen MR) is 80.2 cm³/mol. The lowest BCUT2D eigenvalue weighted by Gasteiger charge is -2.36. The Morgan fingerprint density at radius 1 is 1.56 bits per heavy atom. The molecule has 0 radical (unpaired) electrons. The number of hydrogen-bond acceptors (Lipinski definition) is 3. The van der Waals surface area contributed by atoms with Gasteiger partial charge >= 0.3 is 0 Å². The van der Waals surface area contributed by atoms with E-state index in [9.17, 15) is 0 Å². The number of halogens is 2.